The molecule has 8 nitrogen and oxygen atoms in total. The van der Waals surface area contributed by atoms with Crippen molar-refractivity contribution < 1.29 is 21.6 Å². The minimum Gasteiger partial charge on any atom is -0.357 e. The molecule has 0 aromatic carbocycles. The number of aromatic nitrogens is 4. The third-order valence-corrected chi connectivity index (χ3v) is 4.22. The lowest BCUT2D eigenvalue weighted by Crippen LogP contribution is -2.33. The first-order valence-corrected chi connectivity index (χ1v) is 8.76. The third-order valence-electron chi connectivity index (χ3n) is 3.50. The van der Waals surface area contributed by atoms with Crippen LogP contribution in [-0.4, -0.2) is 54.6 Å². The van der Waals surface area contributed by atoms with E-state index in [0.717, 1.165) is 6.26 Å². The number of rotatable bonds is 5. The van der Waals surface area contributed by atoms with Crippen LogP contribution >= 0.6 is 0 Å². The zero-order valence-corrected chi connectivity index (χ0v) is 14.3. The molecule has 2 aromatic rings. The van der Waals surface area contributed by atoms with Crippen molar-refractivity contribution in [2.75, 3.05) is 31.3 Å². The van der Waals surface area contributed by atoms with Gasteiger partial charge in [-0.15, -0.1) is 15.3 Å². The van der Waals surface area contributed by atoms with Gasteiger partial charge in [0.1, 0.15) is 0 Å². The smallest absolute Gasteiger partial charge is 0.357 e. The van der Waals surface area contributed by atoms with Crippen LogP contribution in [0.1, 0.15) is 17.0 Å². The summed E-state index contributed by atoms with van der Waals surface area (Å²) < 4.78 is 64.1. The highest BCUT2D eigenvalue weighted by Gasteiger charge is 2.38. The Hall–Kier alpha value is -1.95. The predicted molar refractivity (Wildman–Crippen MR) is 81.4 cm³/mol. The molecule has 2 aromatic heterocycles. The summed E-state index contributed by atoms with van der Waals surface area (Å²) in [5.41, 5.74) is 1.20. The Balaban J connectivity index is 2.41. The number of fused-ring (bicyclic) bond motifs is 1. The summed E-state index contributed by atoms with van der Waals surface area (Å²) in [5, 5.41) is 10.7. The van der Waals surface area contributed by atoms with Crippen molar-refractivity contribution in [3.63, 3.8) is 0 Å². The summed E-state index contributed by atoms with van der Waals surface area (Å²) >= 11 is 0. The van der Waals surface area contributed by atoms with Crippen molar-refractivity contribution in [2.24, 2.45) is 0 Å². The minimum absolute atomic E-state index is 0.0336. The number of sulfonamides is 1. The number of hydrogen-bond donors (Lipinski definition) is 1. The van der Waals surface area contributed by atoms with E-state index in [4.69, 9.17) is 0 Å². The molecule has 0 fully saturated rings. The van der Waals surface area contributed by atoms with Crippen molar-refractivity contribution in [1.82, 2.24) is 24.5 Å². The lowest BCUT2D eigenvalue weighted by Gasteiger charge is -2.21. The molecule has 0 unspecified atom stereocenters. The van der Waals surface area contributed by atoms with Gasteiger partial charge in [-0.05, 0) is 13.8 Å². The second-order valence-electron chi connectivity index (χ2n) is 5.42. The lowest BCUT2D eigenvalue weighted by atomic mass is 10.2. The van der Waals surface area contributed by atoms with Crippen LogP contribution in [0.5, 0.6) is 0 Å². The molecule has 12 heteroatoms. The molecule has 0 aliphatic carbocycles. The van der Waals surface area contributed by atoms with E-state index in [1.807, 2.05) is 0 Å². The van der Waals surface area contributed by atoms with E-state index in [0.29, 0.717) is 21.5 Å². The number of likely N-dealkylation sites (N-methyl/N-ethyl adjacent to an activating group) is 1. The van der Waals surface area contributed by atoms with Gasteiger partial charge in [-0.1, -0.05) is 0 Å². The number of halogens is 3. The number of hydrogen-bond acceptors (Lipinski definition) is 6. The Labute approximate surface area is 136 Å². The second kappa shape index (κ2) is 6.16. The first-order valence-electron chi connectivity index (χ1n) is 6.87. The van der Waals surface area contributed by atoms with Crippen molar-refractivity contribution in [1.29, 1.82) is 0 Å². The fourth-order valence-corrected chi connectivity index (χ4v) is 2.62. The fraction of sp³-hybridized carbons (Fsp3) is 0.583. The van der Waals surface area contributed by atoms with Crippen molar-refractivity contribution in [3.8, 4) is 0 Å². The molecule has 0 spiro atoms. The predicted octanol–water partition coefficient (Wildman–Crippen LogP) is 0.745. The van der Waals surface area contributed by atoms with Crippen LogP contribution in [0.3, 0.4) is 0 Å². The summed E-state index contributed by atoms with van der Waals surface area (Å²) in [6.45, 7) is 3.67. The van der Waals surface area contributed by atoms with E-state index in [1.165, 1.54) is 0 Å². The molecule has 0 saturated carbocycles. The van der Waals surface area contributed by atoms with E-state index >= 15 is 0 Å². The summed E-state index contributed by atoms with van der Waals surface area (Å²) in [7, 11) is -1.73. The number of anilines is 1. The maximum Gasteiger partial charge on any atom is 0.453 e. The molecule has 2 heterocycles. The first-order chi connectivity index (χ1) is 10.9. The Morgan fingerprint density at radius 1 is 1.21 bits per heavy atom. The van der Waals surface area contributed by atoms with Crippen molar-refractivity contribution in [3.05, 3.63) is 17.0 Å². The first kappa shape index (κ1) is 18.4. The van der Waals surface area contributed by atoms with E-state index in [9.17, 15) is 21.6 Å². The van der Waals surface area contributed by atoms with Gasteiger partial charge in [-0.25, -0.2) is 13.1 Å². The maximum atomic E-state index is 13.0. The number of aryl methyl sites for hydroxylation is 1. The SMILES string of the molecule is Cc1c(N(C)CCNS(C)(=O)=O)nn2c(C(F)(F)F)nnc2c1C. The van der Waals surface area contributed by atoms with Crippen molar-refractivity contribution >= 4 is 21.5 Å². The van der Waals surface area contributed by atoms with Crippen LogP contribution in [0.2, 0.25) is 0 Å². The highest BCUT2D eigenvalue weighted by Crippen LogP contribution is 2.30. The van der Waals surface area contributed by atoms with Crippen LogP contribution in [0.4, 0.5) is 19.0 Å². The minimum atomic E-state index is -4.68. The molecule has 2 rings (SSSR count). The molecule has 0 amide bonds. The molecule has 0 radical (unpaired) electrons. The molecule has 0 bridgehead atoms. The summed E-state index contributed by atoms with van der Waals surface area (Å²) in [5.74, 6) is -0.912. The maximum absolute atomic E-state index is 13.0. The lowest BCUT2D eigenvalue weighted by molar-refractivity contribution is -0.146. The van der Waals surface area contributed by atoms with Gasteiger partial charge in [0.05, 0.1) is 6.26 Å². The van der Waals surface area contributed by atoms with Crippen LogP contribution < -0.4 is 9.62 Å². The molecule has 134 valence electrons. The Morgan fingerprint density at radius 2 is 1.83 bits per heavy atom. The number of alkyl halides is 3. The quantitative estimate of drug-likeness (QED) is 0.839. The van der Waals surface area contributed by atoms with Crippen LogP contribution in [0.25, 0.3) is 5.65 Å². The van der Waals surface area contributed by atoms with Gasteiger partial charge >= 0.3 is 6.18 Å². The van der Waals surface area contributed by atoms with Crippen molar-refractivity contribution in [2.45, 2.75) is 20.0 Å². The molecule has 1 N–H and O–H groups in total. The van der Waals surface area contributed by atoms with E-state index in [2.05, 4.69) is 20.0 Å². The number of nitrogens with zero attached hydrogens (tertiary/aromatic N) is 5. The van der Waals surface area contributed by atoms with E-state index in [-0.39, 0.29) is 18.7 Å². The Bertz CT molecular complexity index is 862. The Kier molecular flexibility index (Phi) is 4.72. The monoisotopic (exact) mass is 366 g/mol. The second-order valence-corrected chi connectivity index (χ2v) is 7.25. The zero-order valence-electron chi connectivity index (χ0n) is 13.5. The average molecular weight is 366 g/mol. The summed E-state index contributed by atoms with van der Waals surface area (Å²) in [6.07, 6.45) is -3.65. The molecule has 24 heavy (non-hydrogen) atoms. The average Bonchev–Trinajstić information content (AvgIpc) is 2.85. The van der Waals surface area contributed by atoms with Gasteiger partial charge in [0.2, 0.25) is 10.0 Å². The Morgan fingerprint density at radius 3 is 2.38 bits per heavy atom. The number of nitrogens with one attached hydrogen (secondary N) is 1. The van der Waals surface area contributed by atoms with Gasteiger partial charge in [0, 0.05) is 31.3 Å². The van der Waals surface area contributed by atoms with E-state index < -0.39 is 22.0 Å². The normalized spacial score (nSPS) is 12.8. The molecule has 0 aliphatic rings. The highest BCUT2D eigenvalue weighted by molar-refractivity contribution is 7.88. The summed E-state index contributed by atoms with van der Waals surface area (Å²) in [4.78, 5) is 1.57. The third kappa shape index (κ3) is 3.75. The topological polar surface area (TPSA) is 92.5 Å². The van der Waals surface area contributed by atoms with Crippen LogP contribution in [0.15, 0.2) is 0 Å². The molecule has 0 aliphatic heterocycles. The van der Waals surface area contributed by atoms with Gasteiger partial charge in [-0.2, -0.15) is 17.7 Å². The molecule has 0 atom stereocenters. The standard InChI is InChI=1S/C12H17F3N6O2S/c1-7-8(2)10(20(3)6-5-16-24(4,22)23)19-21-9(7)17-18-11(21)12(13,14)15/h16H,5-6H2,1-4H3. The van der Waals surface area contributed by atoms with Gasteiger partial charge < -0.3 is 4.90 Å². The van der Waals surface area contributed by atoms with E-state index in [1.54, 1.807) is 25.8 Å². The zero-order chi connectivity index (χ0) is 18.3. The molecule has 0 saturated heterocycles. The van der Waals surface area contributed by atoms with Crippen LogP contribution in [-0.2, 0) is 16.2 Å². The summed E-state index contributed by atoms with van der Waals surface area (Å²) in [6, 6.07) is 0. The van der Waals surface area contributed by atoms with Gasteiger partial charge in [0.25, 0.3) is 5.82 Å². The molecular weight excluding hydrogens is 349 g/mol. The highest BCUT2D eigenvalue weighted by atomic mass is 32.2. The molecular formula is C12H17F3N6O2S. The van der Waals surface area contributed by atoms with Gasteiger partial charge in [0.15, 0.2) is 11.5 Å². The fourth-order valence-electron chi connectivity index (χ4n) is 2.16. The largest absolute Gasteiger partial charge is 0.453 e. The van der Waals surface area contributed by atoms with Crippen LogP contribution in [0, 0.1) is 13.8 Å². The van der Waals surface area contributed by atoms with Gasteiger partial charge in [-0.3, -0.25) is 0 Å².